The fourth-order valence-electron chi connectivity index (χ4n) is 3.65. The van der Waals surface area contributed by atoms with Crippen molar-refractivity contribution in [2.75, 3.05) is 11.9 Å². The van der Waals surface area contributed by atoms with Gasteiger partial charge in [-0.3, -0.25) is 0 Å². The van der Waals surface area contributed by atoms with Crippen LogP contribution in [-0.4, -0.2) is 6.61 Å². The molecule has 1 N–H and O–H groups in total. The van der Waals surface area contributed by atoms with E-state index >= 15 is 0 Å². The average Bonchev–Trinajstić information content (AvgIpc) is 2.97. The van der Waals surface area contributed by atoms with Gasteiger partial charge < -0.3 is 10.1 Å². The van der Waals surface area contributed by atoms with E-state index in [2.05, 4.69) is 30.4 Å². The van der Waals surface area contributed by atoms with Crippen LogP contribution in [0.5, 0.6) is 0 Å². The van der Waals surface area contributed by atoms with Gasteiger partial charge in [-0.25, -0.2) is 0 Å². The Morgan fingerprint density at radius 1 is 1.09 bits per heavy atom. The van der Waals surface area contributed by atoms with Crippen LogP contribution in [0.4, 0.5) is 5.69 Å². The first-order valence-electron chi connectivity index (χ1n) is 7.57. The van der Waals surface area contributed by atoms with Crippen LogP contribution >= 0.6 is 23.2 Å². The summed E-state index contributed by atoms with van der Waals surface area (Å²) < 4.78 is 6.04. The standard InChI is InChI=1S/C18H17Cl2NO/c1-10-2-5-16-14(8-10)18-13(6-7-22-18)17(21-16)12-4-3-11(19)9-15(12)20/h2-5,8-9,13,17-18,21H,6-7H2,1H3. The summed E-state index contributed by atoms with van der Waals surface area (Å²) in [5.41, 5.74) is 4.77. The third kappa shape index (κ3) is 2.30. The Labute approximate surface area is 140 Å². The first-order valence-corrected chi connectivity index (χ1v) is 8.33. The lowest BCUT2D eigenvalue weighted by atomic mass is 9.80. The maximum Gasteiger partial charge on any atom is 0.0896 e. The molecule has 3 atom stereocenters. The molecule has 1 saturated heterocycles. The summed E-state index contributed by atoms with van der Waals surface area (Å²) in [4.78, 5) is 0. The molecule has 2 aliphatic rings. The van der Waals surface area contributed by atoms with E-state index in [-0.39, 0.29) is 12.1 Å². The van der Waals surface area contributed by atoms with E-state index < -0.39 is 0 Å². The lowest BCUT2D eigenvalue weighted by molar-refractivity contribution is 0.0829. The first kappa shape index (κ1) is 14.4. The highest BCUT2D eigenvalue weighted by atomic mass is 35.5. The van der Waals surface area contributed by atoms with Gasteiger partial charge in [0.1, 0.15) is 0 Å². The van der Waals surface area contributed by atoms with Crippen LogP contribution < -0.4 is 5.32 Å². The van der Waals surface area contributed by atoms with Crippen molar-refractivity contribution in [2.24, 2.45) is 5.92 Å². The number of ether oxygens (including phenoxy) is 1. The molecule has 0 aliphatic carbocycles. The molecule has 1 fully saturated rings. The highest BCUT2D eigenvalue weighted by Gasteiger charge is 2.41. The number of nitrogens with one attached hydrogen (secondary N) is 1. The number of anilines is 1. The van der Waals surface area contributed by atoms with Crippen LogP contribution in [0.3, 0.4) is 0 Å². The largest absolute Gasteiger partial charge is 0.377 e. The maximum atomic E-state index is 6.44. The van der Waals surface area contributed by atoms with E-state index in [4.69, 9.17) is 27.9 Å². The molecule has 3 unspecified atom stereocenters. The molecule has 0 aromatic heterocycles. The van der Waals surface area contributed by atoms with Gasteiger partial charge in [-0.05, 0) is 37.1 Å². The van der Waals surface area contributed by atoms with Crippen LogP contribution in [0.2, 0.25) is 10.0 Å². The Hall–Kier alpha value is -1.22. The maximum absolute atomic E-state index is 6.44. The summed E-state index contributed by atoms with van der Waals surface area (Å²) in [6.07, 6.45) is 1.18. The summed E-state index contributed by atoms with van der Waals surface area (Å²) in [6, 6.07) is 12.4. The molecular formula is C18H17Cl2NO. The summed E-state index contributed by atoms with van der Waals surface area (Å²) in [7, 11) is 0. The number of hydrogen-bond donors (Lipinski definition) is 1. The molecule has 0 amide bonds. The second-order valence-electron chi connectivity index (χ2n) is 6.12. The van der Waals surface area contributed by atoms with Crippen molar-refractivity contribution in [1.82, 2.24) is 0 Å². The molecule has 2 heterocycles. The number of hydrogen-bond acceptors (Lipinski definition) is 2. The molecule has 4 heteroatoms. The van der Waals surface area contributed by atoms with Gasteiger partial charge in [-0.1, -0.05) is 47.0 Å². The minimum Gasteiger partial charge on any atom is -0.377 e. The lowest BCUT2D eigenvalue weighted by Gasteiger charge is -2.37. The molecule has 2 aromatic rings. The SMILES string of the molecule is Cc1ccc2c(c1)C1OCCC1C(c1ccc(Cl)cc1Cl)N2. The number of fused-ring (bicyclic) bond motifs is 3. The number of aryl methyl sites for hydroxylation is 1. The minimum atomic E-state index is 0.146. The van der Waals surface area contributed by atoms with Gasteiger partial charge in [0.25, 0.3) is 0 Å². The molecule has 2 aromatic carbocycles. The summed E-state index contributed by atoms with van der Waals surface area (Å²) in [5, 5.41) is 5.05. The van der Waals surface area contributed by atoms with E-state index in [0.717, 1.165) is 24.3 Å². The smallest absolute Gasteiger partial charge is 0.0896 e. The molecule has 0 saturated carbocycles. The van der Waals surface area contributed by atoms with Crippen LogP contribution in [0.1, 0.15) is 35.3 Å². The molecule has 0 spiro atoms. The van der Waals surface area contributed by atoms with E-state index in [0.29, 0.717) is 16.0 Å². The Bertz CT molecular complexity index is 731. The highest BCUT2D eigenvalue weighted by molar-refractivity contribution is 6.35. The van der Waals surface area contributed by atoms with Gasteiger partial charge in [0.15, 0.2) is 0 Å². The van der Waals surface area contributed by atoms with Crippen molar-refractivity contribution in [2.45, 2.75) is 25.5 Å². The zero-order valence-electron chi connectivity index (χ0n) is 12.3. The second kappa shape index (κ2) is 5.45. The second-order valence-corrected chi connectivity index (χ2v) is 6.97. The minimum absolute atomic E-state index is 0.146. The average molecular weight is 334 g/mol. The lowest BCUT2D eigenvalue weighted by Crippen LogP contribution is -2.29. The number of rotatable bonds is 1. The molecule has 0 bridgehead atoms. The summed E-state index contributed by atoms with van der Waals surface area (Å²) >= 11 is 12.5. The van der Waals surface area contributed by atoms with Gasteiger partial charge in [0.2, 0.25) is 0 Å². The normalized spacial score (nSPS) is 26.2. The van der Waals surface area contributed by atoms with Gasteiger partial charge in [-0.15, -0.1) is 0 Å². The number of halogens is 2. The van der Waals surface area contributed by atoms with Crippen LogP contribution in [0.15, 0.2) is 36.4 Å². The van der Waals surface area contributed by atoms with E-state index in [1.54, 1.807) is 0 Å². The molecule has 2 aliphatic heterocycles. The third-order valence-corrected chi connectivity index (χ3v) is 5.25. The fourth-order valence-corrected chi connectivity index (χ4v) is 4.18. The summed E-state index contributed by atoms with van der Waals surface area (Å²) in [6.45, 7) is 2.92. The Balaban J connectivity index is 1.80. The molecule has 22 heavy (non-hydrogen) atoms. The van der Waals surface area contributed by atoms with Crippen molar-refractivity contribution < 1.29 is 4.74 Å². The Morgan fingerprint density at radius 2 is 1.95 bits per heavy atom. The van der Waals surface area contributed by atoms with Crippen LogP contribution in [-0.2, 0) is 4.74 Å². The van der Waals surface area contributed by atoms with Gasteiger partial charge in [-0.2, -0.15) is 0 Å². The third-order valence-electron chi connectivity index (χ3n) is 4.69. The fraction of sp³-hybridized carbons (Fsp3) is 0.333. The van der Waals surface area contributed by atoms with Gasteiger partial charge in [0, 0.05) is 33.8 Å². The van der Waals surface area contributed by atoms with Crippen molar-refractivity contribution in [3.63, 3.8) is 0 Å². The zero-order valence-corrected chi connectivity index (χ0v) is 13.8. The van der Waals surface area contributed by atoms with Gasteiger partial charge in [0.05, 0.1) is 12.1 Å². The van der Waals surface area contributed by atoms with Crippen molar-refractivity contribution in [1.29, 1.82) is 0 Å². The molecule has 2 nitrogen and oxygen atoms in total. The van der Waals surface area contributed by atoms with Crippen LogP contribution in [0.25, 0.3) is 0 Å². The predicted octanol–water partition coefficient (Wildman–Crippen LogP) is 5.55. The predicted molar refractivity (Wildman–Crippen MR) is 90.8 cm³/mol. The first-order chi connectivity index (χ1) is 10.6. The molecule has 0 radical (unpaired) electrons. The Kier molecular flexibility index (Phi) is 3.56. The van der Waals surface area contributed by atoms with E-state index in [1.165, 1.54) is 11.1 Å². The van der Waals surface area contributed by atoms with Crippen LogP contribution in [0, 0.1) is 12.8 Å². The summed E-state index contributed by atoms with van der Waals surface area (Å²) in [5.74, 6) is 0.396. The van der Waals surface area contributed by atoms with Crippen molar-refractivity contribution in [3.8, 4) is 0 Å². The topological polar surface area (TPSA) is 21.3 Å². The van der Waals surface area contributed by atoms with Crippen molar-refractivity contribution in [3.05, 3.63) is 63.1 Å². The van der Waals surface area contributed by atoms with E-state index in [9.17, 15) is 0 Å². The molecular weight excluding hydrogens is 317 g/mol. The quantitative estimate of drug-likeness (QED) is 0.739. The van der Waals surface area contributed by atoms with Crippen molar-refractivity contribution >= 4 is 28.9 Å². The monoisotopic (exact) mass is 333 g/mol. The Morgan fingerprint density at radius 3 is 2.77 bits per heavy atom. The molecule has 114 valence electrons. The van der Waals surface area contributed by atoms with Gasteiger partial charge >= 0.3 is 0 Å². The number of benzene rings is 2. The molecule has 4 rings (SSSR count). The van der Waals surface area contributed by atoms with E-state index in [1.807, 2.05) is 18.2 Å². The highest BCUT2D eigenvalue weighted by Crippen LogP contribution is 2.51. The zero-order chi connectivity index (χ0) is 15.3.